The molecule has 17 heteroatoms. The molecule has 16 nitrogen and oxygen atoms in total. The number of aromatic nitrogens is 4. The number of pyridine rings is 1. The van der Waals surface area contributed by atoms with Crippen LogP contribution in [0.2, 0.25) is 0 Å². The van der Waals surface area contributed by atoms with Crippen LogP contribution in [0, 0.1) is 0 Å². The Hall–Kier alpha value is -7.96. The molecular weight excluding hydrogens is 1040 g/mol. The molecule has 0 bridgehead atoms. The van der Waals surface area contributed by atoms with Gasteiger partial charge in [-0.15, -0.1) is 0 Å². The number of fused-ring (bicyclic) bond motifs is 1. The van der Waals surface area contributed by atoms with Crippen molar-refractivity contribution < 1.29 is 41.6 Å². The second-order valence-corrected chi connectivity index (χ2v) is 21.5. The van der Waals surface area contributed by atoms with Gasteiger partial charge >= 0.3 is 0 Å². The van der Waals surface area contributed by atoms with Gasteiger partial charge in [-0.25, -0.2) is 17.4 Å². The van der Waals surface area contributed by atoms with Crippen molar-refractivity contribution in [1.82, 2.24) is 18.5 Å². The maximum absolute atomic E-state index is 14.2. The van der Waals surface area contributed by atoms with Crippen LogP contribution in [0.15, 0.2) is 223 Å². The summed E-state index contributed by atoms with van der Waals surface area (Å²) in [6, 6.07) is 58.4. The number of unbranched alkanes of at least 4 members (excludes halogenated alkanes) is 2. The molecule has 0 unspecified atom stereocenters. The van der Waals surface area contributed by atoms with Crippen LogP contribution in [0.1, 0.15) is 58.3 Å². The third-order valence-corrected chi connectivity index (χ3v) is 16.2. The first-order valence-corrected chi connectivity index (χ1v) is 28.6. The molecule has 5 atom stereocenters. The third kappa shape index (κ3) is 13.1. The number of azide groups is 1. The SMILES string of the molecule is COc1ccc(C(c2ccccc2)(c2ccccc2)n2cncc2CO[C@H]2[C@H](OCCc3cn(S(=O)(=O)c4ccccc4)c4ccccc34)O[C@H](COCCCCCN=[N+]=[N-])[C@@H](OCc3cccnc3)[C@@H]2OCc2ccccc2)cc1. The van der Waals surface area contributed by atoms with Gasteiger partial charge in [-0.05, 0) is 94.6 Å². The van der Waals surface area contributed by atoms with Crippen molar-refractivity contribution in [2.75, 3.05) is 33.5 Å². The van der Waals surface area contributed by atoms with Crippen molar-refractivity contribution in [2.24, 2.45) is 5.11 Å². The van der Waals surface area contributed by atoms with E-state index in [0.717, 1.165) is 69.5 Å². The summed E-state index contributed by atoms with van der Waals surface area (Å²) in [7, 11) is -2.28. The molecule has 0 spiro atoms. The van der Waals surface area contributed by atoms with E-state index in [1.165, 1.54) is 3.97 Å². The predicted molar refractivity (Wildman–Crippen MR) is 308 cm³/mol. The van der Waals surface area contributed by atoms with Crippen molar-refractivity contribution in [3.05, 3.63) is 263 Å². The minimum Gasteiger partial charge on any atom is -0.497 e. The Balaban J connectivity index is 1.03. The maximum Gasteiger partial charge on any atom is 0.268 e. The number of nitrogens with zero attached hydrogens (tertiary/aromatic N) is 7. The van der Waals surface area contributed by atoms with Crippen LogP contribution < -0.4 is 4.74 Å². The standard InChI is InChI=1S/C64H65N7O9S/c1-74-55-33-31-53(32-34-55)64(51-23-9-3-10-24-51,52-25-11-4-12-26-52)70-47-67-41-54(70)45-79-62-61(78-43-48-20-7-2-8-21-48)60(77-44-49-22-19-36-66-40-49)59(46-75-38-18-6-17-37-68-69-65)80-63(62)76-39-35-50-42-71(58-30-16-15-29-57(50)58)81(72,73)56-27-13-5-14-28-56/h2-5,7-16,19-34,36,40-42,47,59-63H,6,17-18,35,37-39,43-46H2,1H3/t59-,60-,61+,62-,63-/m1/s1. The lowest BCUT2D eigenvalue weighted by molar-refractivity contribution is -0.328. The van der Waals surface area contributed by atoms with Gasteiger partial charge in [0.05, 0.1) is 68.8 Å². The number of benzene rings is 6. The van der Waals surface area contributed by atoms with Crippen LogP contribution >= 0.6 is 0 Å². The topological polar surface area (TPSA) is 183 Å². The molecule has 416 valence electrons. The lowest BCUT2D eigenvalue weighted by Crippen LogP contribution is -2.62. The molecule has 10 rings (SSSR count). The summed E-state index contributed by atoms with van der Waals surface area (Å²) in [5.41, 5.74) is 14.7. The fraction of sp³-hybridized carbons (Fsp3) is 0.281. The third-order valence-electron chi connectivity index (χ3n) is 14.5. The van der Waals surface area contributed by atoms with Crippen LogP contribution in [-0.4, -0.2) is 91.1 Å². The van der Waals surface area contributed by atoms with E-state index in [1.54, 1.807) is 56.0 Å². The fourth-order valence-electron chi connectivity index (χ4n) is 10.6. The second-order valence-electron chi connectivity index (χ2n) is 19.6. The maximum atomic E-state index is 14.2. The molecule has 0 aliphatic carbocycles. The number of imidazole rings is 1. The highest BCUT2D eigenvalue weighted by atomic mass is 32.2. The zero-order valence-corrected chi connectivity index (χ0v) is 45.9. The molecule has 0 amide bonds. The first-order chi connectivity index (χ1) is 39.9. The molecule has 3 aromatic heterocycles. The summed E-state index contributed by atoms with van der Waals surface area (Å²) < 4.78 is 79.3. The number of ether oxygens (including phenoxy) is 7. The van der Waals surface area contributed by atoms with Crippen molar-refractivity contribution in [3.63, 3.8) is 0 Å². The Morgan fingerprint density at radius 2 is 1.28 bits per heavy atom. The molecule has 81 heavy (non-hydrogen) atoms. The molecule has 1 aliphatic rings. The number of para-hydroxylation sites is 1. The van der Waals surface area contributed by atoms with Gasteiger partial charge in [0.1, 0.15) is 35.7 Å². The van der Waals surface area contributed by atoms with Gasteiger partial charge in [0.15, 0.2) is 6.29 Å². The van der Waals surface area contributed by atoms with Crippen molar-refractivity contribution in [3.8, 4) is 5.75 Å². The molecule has 1 saturated heterocycles. The highest BCUT2D eigenvalue weighted by Gasteiger charge is 2.50. The van der Waals surface area contributed by atoms with E-state index in [-0.39, 0.29) is 37.9 Å². The normalized spacial score (nSPS) is 17.4. The molecule has 1 fully saturated rings. The van der Waals surface area contributed by atoms with Crippen molar-refractivity contribution >= 4 is 20.9 Å². The van der Waals surface area contributed by atoms with Crippen molar-refractivity contribution in [2.45, 2.75) is 86.6 Å². The van der Waals surface area contributed by atoms with Crippen LogP contribution in [0.3, 0.4) is 0 Å². The quantitative estimate of drug-likeness (QED) is 0.0149. The molecule has 0 radical (unpaired) electrons. The average Bonchev–Trinajstić information content (AvgIpc) is 4.24. The monoisotopic (exact) mass is 1110 g/mol. The smallest absolute Gasteiger partial charge is 0.268 e. The molecule has 4 heterocycles. The summed E-state index contributed by atoms with van der Waals surface area (Å²) in [5, 5.41) is 4.46. The summed E-state index contributed by atoms with van der Waals surface area (Å²) in [4.78, 5) is 12.3. The van der Waals surface area contributed by atoms with E-state index >= 15 is 0 Å². The van der Waals surface area contributed by atoms with Gasteiger partial charge in [-0.3, -0.25) is 4.98 Å². The van der Waals surface area contributed by atoms with E-state index in [2.05, 4.69) is 56.0 Å². The van der Waals surface area contributed by atoms with E-state index in [0.29, 0.717) is 25.1 Å². The summed E-state index contributed by atoms with van der Waals surface area (Å²) in [6.45, 7) is 1.48. The van der Waals surface area contributed by atoms with Crippen LogP contribution in [0.5, 0.6) is 5.75 Å². The predicted octanol–water partition coefficient (Wildman–Crippen LogP) is 11.9. The van der Waals surface area contributed by atoms with Gasteiger partial charge in [-0.2, -0.15) is 0 Å². The van der Waals surface area contributed by atoms with Gasteiger partial charge in [-0.1, -0.05) is 157 Å². The molecule has 0 saturated carbocycles. The molecular formula is C64H65N7O9S. The Kier molecular flexibility index (Phi) is 19.1. The first-order valence-electron chi connectivity index (χ1n) is 27.2. The van der Waals surface area contributed by atoms with Crippen LogP contribution in [0.25, 0.3) is 21.3 Å². The van der Waals surface area contributed by atoms with E-state index in [4.69, 9.17) is 43.7 Å². The molecule has 6 aromatic carbocycles. The lowest BCUT2D eigenvalue weighted by atomic mass is 9.76. The highest BCUT2D eigenvalue weighted by molar-refractivity contribution is 7.90. The van der Waals surface area contributed by atoms with Gasteiger partial charge in [0.25, 0.3) is 10.0 Å². The minimum atomic E-state index is -3.94. The van der Waals surface area contributed by atoms with Crippen LogP contribution in [0.4, 0.5) is 0 Å². The van der Waals surface area contributed by atoms with Gasteiger partial charge < -0.3 is 37.7 Å². The Labute approximate surface area is 472 Å². The second kappa shape index (κ2) is 27.5. The lowest BCUT2D eigenvalue weighted by Gasteiger charge is -2.46. The first kappa shape index (κ1) is 56.3. The molecule has 1 aliphatic heterocycles. The number of methoxy groups -OCH3 is 1. The minimum absolute atomic E-state index is 0.0217. The number of hydrogen-bond donors (Lipinski definition) is 0. The van der Waals surface area contributed by atoms with E-state index in [9.17, 15) is 8.42 Å². The highest BCUT2D eigenvalue weighted by Crippen LogP contribution is 2.43. The van der Waals surface area contributed by atoms with E-state index in [1.807, 2.05) is 128 Å². The summed E-state index contributed by atoms with van der Waals surface area (Å²) in [5.74, 6) is 0.724. The zero-order chi connectivity index (χ0) is 55.7. The van der Waals surface area contributed by atoms with Gasteiger partial charge in [0, 0.05) is 42.0 Å². The molecule has 0 N–H and O–H groups in total. The Morgan fingerprint density at radius 3 is 1.99 bits per heavy atom. The van der Waals surface area contributed by atoms with Crippen LogP contribution in [-0.2, 0) is 70.2 Å². The van der Waals surface area contributed by atoms with Crippen molar-refractivity contribution in [1.29, 1.82) is 0 Å². The fourth-order valence-corrected chi connectivity index (χ4v) is 12.0. The average molecular weight is 1110 g/mol. The Bertz CT molecular complexity index is 3490. The Morgan fingerprint density at radius 1 is 0.642 bits per heavy atom. The van der Waals surface area contributed by atoms with Gasteiger partial charge in [0.2, 0.25) is 0 Å². The number of rotatable bonds is 28. The summed E-state index contributed by atoms with van der Waals surface area (Å²) >= 11 is 0. The number of hydrogen-bond acceptors (Lipinski definition) is 12. The zero-order valence-electron chi connectivity index (χ0n) is 45.1. The van der Waals surface area contributed by atoms with E-state index < -0.39 is 46.3 Å². The summed E-state index contributed by atoms with van der Waals surface area (Å²) in [6.07, 6.45) is 7.14. The molecule has 9 aromatic rings. The largest absolute Gasteiger partial charge is 0.497 e.